The summed E-state index contributed by atoms with van der Waals surface area (Å²) in [5.41, 5.74) is 6.19. The molecule has 34 heavy (non-hydrogen) atoms. The maximum absolute atomic E-state index is 10.8. The van der Waals surface area contributed by atoms with Crippen LogP contribution in [0.1, 0.15) is 36.7 Å². The zero-order valence-electron chi connectivity index (χ0n) is 19.4. The molecule has 1 N–H and O–H groups in total. The number of rotatable bonds is 10. The molecule has 0 fully saturated rings. The molecule has 0 unspecified atom stereocenters. The summed E-state index contributed by atoms with van der Waals surface area (Å²) in [6, 6.07) is 20.0. The molecule has 0 amide bonds. The largest absolute Gasteiger partial charge is 0.489 e. The van der Waals surface area contributed by atoms with E-state index in [1.807, 2.05) is 68.7 Å². The number of aliphatic carboxylic acids is 1. The average Bonchev–Trinajstić information content (AvgIpc) is 3.50. The van der Waals surface area contributed by atoms with Crippen LogP contribution in [0.5, 0.6) is 5.75 Å². The Balaban J connectivity index is 1.50. The number of carbonyl (C=O) groups is 1. The number of aromatic nitrogens is 2. The topological polar surface area (TPSA) is 77.5 Å². The van der Waals surface area contributed by atoms with Crippen molar-refractivity contribution < 1.29 is 19.1 Å². The highest BCUT2D eigenvalue weighted by atomic mass is 16.5. The first-order chi connectivity index (χ1) is 16.5. The normalized spacial score (nSPS) is 11.5. The fourth-order valence-electron chi connectivity index (χ4n) is 3.78. The number of nitrogens with zero attached hydrogens (tertiary/aromatic N) is 2. The van der Waals surface area contributed by atoms with Gasteiger partial charge in [-0.05, 0) is 68.8 Å². The lowest BCUT2D eigenvalue weighted by Crippen LogP contribution is -2.04. The third-order valence-electron chi connectivity index (χ3n) is 5.76. The van der Waals surface area contributed by atoms with Gasteiger partial charge < -0.3 is 18.8 Å². The van der Waals surface area contributed by atoms with Gasteiger partial charge in [0.25, 0.3) is 0 Å². The van der Waals surface area contributed by atoms with Crippen molar-refractivity contribution in [1.82, 2.24) is 9.55 Å². The third-order valence-corrected chi connectivity index (χ3v) is 5.76. The molecule has 174 valence electrons. The van der Waals surface area contributed by atoms with Gasteiger partial charge in [-0.3, -0.25) is 4.79 Å². The Morgan fingerprint density at radius 2 is 1.88 bits per heavy atom. The van der Waals surface area contributed by atoms with E-state index in [1.165, 1.54) is 0 Å². The molecule has 6 heteroatoms. The molecule has 0 saturated carbocycles. The van der Waals surface area contributed by atoms with Crippen LogP contribution in [0.3, 0.4) is 0 Å². The van der Waals surface area contributed by atoms with E-state index >= 15 is 0 Å². The first kappa shape index (κ1) is 23.1. The van der Waals surface area contributed by atoms with Crippen molar-refractivity contribution in [2.75, 3.05) is 6.61 Å². The van der Waals surface area contributed by atoms with Gasteiger partial charge in [-0.2, -0.15) is 0 Å². The first-order valence-electron chi connectivity index (χ1n) is 11.3. The summed E-state index contributed by atoms with van der Waals surface area (Å²) >= 11 is 0. The summed E-state index contributed by atoms with van der Waals surface area (Å²) in [4.78, 5) is 15.3. The number of aryl methyl sites for hydroxylation is 1. The minimum absolute atomic E-state index is 0.130. The lowest BCUT2D eigenvalue weighted by molar-refractivity contribution is -0.136. The van der Waals surface area contributed by atoms with Crippen LogP contribution in [0.15, 0.2) is 89.3 Å². The minimum atomic E-state index is -0.790. The molecule has 2 aromatic heterocycles. The molecule has 0 aliphatic heterocycles. The predicted molar refractivity (Wildman–Crippen MR) is 131 cm³/mol. The van der Waals surface area contributed by atoms with Gasteiger partial charge in [-0.15, -0.1) is 0 Å². The first-order valence-corrected chi connectivity index (χ1v) is 11.3. The standard InChI is InChI=1S/C28H28N2O4/c1-20(9-14-28(31)32)15-17-34-27-7-4-3-6-23(27)18-25-21(2)29-19-30(25)24-12-10-22(11-13-24)26-8-5-16-33-26/h3-8,10-13,15-16,19H,9,14,17-18H2,1-2H3,(H,31,32)/b20-15+. The van der Waals surface area contributed by atoms with Crippen molar-refractivity contribution in [3.8, 4) is 22.8 Å². The van der Waals surface area contributed by atoms with Crippen LogP contribution in [-0.2, 0) is 11.2 Å². The van der Waals surface area contributed by atoms with Crippen molar-refractivity contribution >= 4 is 5.97 Å². The van der Waals surface area contributed by atoms with Gasteiger partial charge in [0.05, 0.1) is 18.3 Å². The zero-order valence-corrected chi connectivity index (χ0v) is 19.4. The number of ether oxygens (including phenoxy) is 1. The number of hydrogen-bond acceptors (Lipinski definition) is 4. The van der Waals surface area contributed by atoms with Crippen LogP contribution in [0.25, 0.3) is 17.0 Å². The van der Waals surface area contributed by atoms with Crippen molar-refractivity contribution in [1.29, 1.82) is 0 Å². The van der Waals surface area contributed by atoms with Gasteiger partial charge in [0.2, 0.25) is 0 Å². The highest BCUT2D eigenvalue weighted by molar-refractivity contribution is 5.67. The Morgan fingerprint density at radius 3 is 2.62 bits per heavy atom. The van der Waals surface area contributed by atoms with E-state index in [9.17, 15) is 4.79 Å². The molecule has 0 aliphatic rings. The Kier molecular flexibility index (Phi) is 7.28. The van der Waals surface area contributed by atoms with E-state index in [-0.39, 0.29) is 6.42 Å². The van der Waals surface area contributed by atoms with Gasteiger partial charge in [0.1, 0.15) is 18.1 Å². The van der Waals surface area contributed by atoms with Gasteiger partial charge in [0, 0.05) is 35.3 Å². The lowest BCUT2D eigenvalue weighted by Gasteiger charge is -2.13. The Labute approximate surface area is 199 Å². The van der Waals surface area contributed by atoms with E-state index in [0.717, 1.165) is 45.3 Å². The maximum atomic E-state index is 10.8. The maximum Gasteiger partial charge on any atom is 0.303 e. The molecule has 4 aromatic rings. The Bertz CT molecular complexity index is 1270. The molecule has 0 aliphatic carbocycles. The molecule has 0 saturated heterocycles. The monoisotopic (exact) mass is 456 g/mol. The molecule has 0 spiro atoms. The fourth-order valence-corrected chi connectivity index (χ4v) is 3.78. The lowest BCUT2D eigenvalue weighted by atomic mass is 10.1. The summed E-state index contributed by atoms with van der Waals surface area (Å²) in [6.45, 7) is 4.34. The number of carboxylic acid groups (broad SMARTS) is 1. The second-order valence-corrected chi connectivity index (χ2v) is 8.21. The van der Waals surface area contributed by atoms with Crippen molar-refractivity contribution in [3.63, 3.8) is 0 Å². The molecule has 4 rings (SSSR count). The molecular weight excluding hydrogens is 428 g/mol. The molecule has 2 aromatic carbocycles. The molecule has 0 atom stereocenters. The van der Waals surface area contributed by atoms with E-state index in [1.54, 1.807) is 6.26 Å². The third kappa shape index (κ3) is 5.64. The van der Waals surface area contributed by atoms with Crippen LogP contribution in [0, 0.1) is 6.92 Å². The van der Waals surface area contributed by atoms with Gasteiger partial charge in [-0.1, -0.05) is 23.8 Å². The second-order valence-electron chi connectivity index (χ2n) is 8.21. The van der Waals surface area contributed by atoms with Crippen molar-refractivity contribution in [2.24, 2.45) is 0 Å². The number of allylic oxidation sites excluding steroid dienone is 1. The second kappa shape index (κ2) is 10.7. The minimum Gasteiger partial charge on any atom is -0.489 e. The quantitative estimate of drug-likeness (QED) is 0.287. The summed E-state index contributed by atoms with van der Waals surface area (Å²) < 4.78 is 13.6. The molecule has 0 bridgehead atoms. The molecule has 0 radical (unpaired) electrons. The predicted octanol–water partition coefficient (Wildman–Crippen LogP) is 6.22. The van der Waals surface area contributed by atoms with Crippen LogP contribution >= 0.6 is 0 Å². The number of hydrogen-bond donors (Lipinski definition) is 1. The molecule has 6 nitrogen and oxygen atoms in total. The van der Waals surface area contributed by atoms with E-state index < -0.39 is 5.97 Å². The summed E-state index contributed by atoms with van der Waals surface area (Å²) in [6.07, 6.45) is 6.79. The fraction of sp³-hybridized carbons (Fsp3) is 0.214. The van der Waals surface area contributed by atoms with Crippen LogP contribution in [-0.4, -0.2) is 27.2 Å². The molecule has 2 heterocycles. The van der Waals surface area contributed by atoms with Gasteiger partial charge >= 0.3 is 5.97 Å². The van der Waals surface area contributed by atoms with Crippen LogP contribution in [0.2, 0.25) is 0 Å². The highest BCUT2D eigenvalue weighted by Gasteiger charge is 2.13. The summed E-state index contributed by atoms with van der Waals surface area (Å²) in [7, 11) is 0. The Morgan fingerprint density at radius 1 is 1.09 bits per heavy atom. The number of para-hydroxylation sites is 1. The van der Waals surface area contributed by atoms with E-state index in [4.69, 9.17) is 14.3 Å². The highest BCUT2D eigenvalue weighted by Crippen LogP contribution is 2.26. The van der Waals surface area contributed by atoms with Gasteiger partial charge in [-0.25, -0.2) is 4.98 Å². The van der Waals surface area contributed by atoms with E-state index in [0.29, 0.717) is 19.4 Å². The van der Waals surface area contributed by atoms with E-state index in [2.05, 4.69) is 27.8 Å². The average molecular weight is 457 g/mol. The van der Waals surface area contributed by atoms with Crippen molar-refractivity contribution in [2.45, 2.75) is 33.1 Å². The van der Waals surface area contributed by atoms with Gasteiger partial charge in [0.15, 0.2) is 0 Å². The number of imidazole rings is 1. The van der Waals surface area contributed by atoms with Crippen LogP contribution < -0.4 is 4.74 Å². The number of carboxylic acids is 1. The van der Waals surface area contributed by atoms with Crippen LogP contribution in [0.4, 0.5) is 0 Å². The Hall–Kier alpha value is -4.06. The molecular formula is C28H28N2O4. The summed E-state index contributed by atoms with van der Waals surface area (Å²) in [5, 5.41) is 8.84. The number of benzene rings is 2. The zero-order chi connectivity index (χ0) is 23.9. The smallest absolute Gasteiger partial charge is 0.303 e. The summed E-state index contributed by atoms with van der Waals surface area (Å²) in [5.74, 6) is 0.860. The number of furan rings is 1. The van der Waals surface area contributed by atoms with Crippen molar-refractivity contribution in [3.05, 3.63) is 102 Å². The SMILES string of the molecule is C/C(=C\COc1ccccc1Cc1c(C)ncn1-c1ccc(-c2ccco2)cc1)CCC(=O)O.